The van der Waals surface area contributed by atoms with Crippen molar-refractivity contribution < 1.29 is 40.6 Å². The van der Waals surface area contributed by atoms with E-state index in [1.807, 2.05) is 0 Å². The second-order valence-corrected chi connectivity index (χ2v) is 7.50. The maximum absolute atomic E-state index is 13.0. The zero-order chi connectivity index (χ0) is 14.9. The fourth-order valence-electron chi connectivity index (χ4n) is 0.949. The first-order chi connectivity index (χ1) is 7.82. The normalized spacial score (nSPS) is 15.1. The Morgan fingerprint density at radius 1 is 1.17 bits per heavy atom. The van der Waals surface area contributed by atoms with Crippen molar-refractivity contribution >= 4 is 25.6 Å². The van der Waals surface area contributed by atoms with E-state index < -0.39 is 46.6 Å². The molecule has 106 valence electrons. The Labute approximate surface area is 102 Å². The van der Waals surface area contributed by atoms with E-state index in [2.05, 4.69) is 0 Å². The summed E-state index contributed by atoms with van der Waals surface area (Å²) in [7, 11) is -10.8. The number of rotatable bonds is 5. The average Bonchev–Trinajstić information content (AvgIpc) is 2.15. The van der Waals surface area contributed by atoms with Crippen LogP contribution in [-0.2, 0) is 24.5 Å². The van der Waals surface area contributed by atoms with Crippen LogP contribution in [0.25, 0.3) is 0 Å². The molecule has 0 saturated carbocycles. The van der Waals surface area contributed by atoms with Gasteiger partial charge in [-0.2, -0.15) is 8.78 Å². The number of sulfone groups is 2. The molecule has 0 amide bonds. The first kappa shape index (κ1) is 16.8. The molecule has 0 bridgehead atoms. The molecule has 0 unspecified atom stereocenters. The van der Waals surface area contributed by atoms with E-state index in [1.165, 1.54) is 0 Å². The third kappa shape index (κ3) is 2.61. The highest BCUT2D eigenvalue weighted by molar-refractivity contribution is 8.15. The molecule has 7 nitrogen and oxygen atoms in total. The molecule has 18 heavy (non-hydrogen) atoms. The molecule has 0 heterocycles. The molecular formula is C7H10F2O7S2. The van der Waals surface area contributed by atoms with E-state index in [1.54, 1.807) is 0 Å². The fourth-order valence-corrected chi connectivity index (χ4v) is 4.52. The standard InChI is InChI=1S/C7H10F2O7S2/c1-3-17(13,14)5(4(2)10)18(15,16)7(8,9)6(11)12/h10H,3H2,1-2H3,(H,11,12)/b5-4-. The highest BCUT2D eigenvalue weighted by atomic mass is 32.3. The lowest BCUT2D eigenvalue weighted by Crippen LogP contribution is -2.40. The molecule has 0 spiro atoms. The fraction of sp³-hybridized carbons (Fsp3) is 0.571. The summed E-state index contributed by atoms with van der Waals surface area (Å²) < 4.78 is 69.3. The summed E-state index contributed by atoms with van der Waals surface area (Å²) in [6, 6.07) is 0. The molecule has 0 fully saturated rings. The number of halogens is 2. The van der Waals surface area contributed by atoms with Gasteiger partial charge in [0.1, 0.15) is 5.76 Å². The lowest BCUT2D eigenvalue weighted by atomic mass is 10.7. The van der Waals surface area contributed by atoms with Crippen LogP contribution in [0.2, 0.25) is 0 Å². The van der Waals surface area contributed by atoms with E-state index in [0.29, 0.717) is 6.92 Å². The van der Waals surface area contributed by atoms with Gasteiger partial charge in [0.25, 0.3) is 9.84 Å². The highest BCUT2D eigenvalue weighted by Gasteiger charge is 2.58. The Kier molecular flexibility index (Phi) is 4.47. The first-order valence-corrected chi connectivity index (χ1v) is 7.44. The zero-order valence-corrected chi connectivity index (χ0v) is 10.8. The van der Waals surface area contributed by atoms with E-state index in [0.717, 1.165) is 6.92 Å². The average molecular weight is 308 g/mol. The van der Waals surface area contributed by atoms with Gasteiger partial charge in [-0.1, -0.05) is 6.92 Å². The topological polar surface area (TPSA) is 126 Å². The van der Waals surface area contributed by atoms with Crippen molar-refractivity contribution in [1.82, 2.24) is 0 Å². The van der Waals surface area contributed by atoms with Crippen LogP contribution in [0.1, 0.15) is 13.8 Å². The van der Waals surface area contributed by atoms with Gasteiger partial charge in [0.05, 0.1) is 5.75 Å². The number of aliphatic carboxylic acids is 1. The smallest absolute Gasteiger partial charge is 0.445 e. The summed E-state index contributed by atoms with van der Waals surface area (Å²) in [5.74, 6) is -5.35. The summed E-state index contributed by atoms with van der Waals surface area (Å²) in [5.41, 5.74) is 0. The Balaban J connectivity index is 6.38. The van der Waals surface area contributed by atoms with Crippen molar-refractivity contribution in [1.29, 1.82) is 0 Å². The second kappa shape index (κ2) is 4.80. The number of carbonyl (C=O) groups is 1. The van der Waals surface area contributed by atoms with Crippen LogP contribution in [-0.4, -0.2) is 44.0 Å². The van der Waals surface area contributed by atoms with Crippen LogP contribution in [0.4, 0.5) is 8.78 Å². The van der Waals surface area contributed by atoms with Crippen LogP contribution < -0.4 is 0 Å². The summed E-state index contributed by atoms with van der Waals surface area (Å²) in [5, 5.41) is 11.7. The number of allylic oxidation sites excluding steroid dienone is 1. The van der Waals surface area contributed by atoms with Crippen molar-refractivity contribution in [3.63, 3.8) is 0 Å². The number of hydrogen-bond acceptors (Lipinski definition) is 6. The third-order valence-corrected chi connectivity index (χ3v) is 6.46. The highest BCUT2D eigenvalue weighted by Crippen LogP contribution is 2.33. The van der Waals surface area contributed by atoms with Gasteiger partial charge >= 0.3 is 11.2 Å². The Bertz CT molecular complexity index is 581. The van der Waals surface area contributed by atoms with Crippen LogP contribution in [0.15, 0.2) is 10.00 Å². The minimum atomic E-state index is -6.06. The van der Waals surface area contributed by atoms with Gasteiger partial charge in [0.2, 0.25) is 4.24 Å². The van der Waals surface area contributed by atoms with Gasteiger partial charge < -0.3 is 10.2 Å². The monoisotopic (exact) mass is 308 g/mol. The second-order valence-electron chi connectivity index (χ2n) is 3.10. The van der Waals surface area contributed by atoms with Gasteiger partial charge in [0, 0.05) is 0 Å². The van der Waals surface area contributed by atoms with Gasteiger partial charge in [0.15, 0.2) is 9.84 Å². The minimum Gasteiger partial charge on any atom is -0.510 e. The van der Waals surface area contributed by atoms with Crippen LogP contribution >= 0.6 is 0 Å². The lowest BCUT2D eigenvalue weighted by Gasteiger charge is -2.15. The Morgan fingerprint density at radius 2 is 1.56 bits per heavy atom. The molecule has 0 aromatic rings. The number of hydrogen-bond donors (Lipinski definition) is 2. The maximum atomic E-state index is 13.0. The molecule has 0 atom stereocenters. The predicted octanol–water partition coefficient (Wildman–Crippen LogP) is 0.260. The van der Waals surface area contributed by atoms with Crippen LogP contribution in [0, 0.1) is 0 Å². The molecule has 11 heteroatoms. The van der Waals surface area contributed by atoms with Crippen molar-refractivity contribution in [2.24, 2.45) is 0 Å². The van der Waals surface area contributed by atoms with E-state index in [9.17, 15) is 30.4 Å². The molecule has 0 aliphatic carbocycles. The molecule has 0 saturated heterocycles. The van der Waals surface area contributed by atoms with Gasteiger partial charge in [-0.05, 0) is 6.92 Å². The first-order valence-electron chi connectivity index (χ1n) is 4.30. The minimum absolute atomic E-state index is 0.554. The molecule has 0 aromatic heterocycles. The van der Waals surface area contributed by atoms with Crippen molar-refractivity contribution in [3.05, 3.63) is 10.00 Å². The molecule has 0 aliphatic rings. The number of carboxylic acids is 1. The number of alkyl halides is 2. The number of carboxylic acid groups (broad SMARTS) is 1. The Morgan fingerprint density at radius 3 is 1.78 bits per heavy atom. The molecule has 0 aliphatic heterocycles. The van der Waals surface area contributed by atoms with Crippen LogP contribution in [0.5, 0.6) is 0 Å². The van der Waals surface area contributed by atoms with E-state index in [-0.39, 0.29) is 0 Å². The van der Waals surface area contributed by atoms with Gasteiger partial charge in [-0.15, -0.1) is 0 Å². The molecular weight excluding hydrogens is 298 g/mol. The Hall–Kier alpha value is -1.23. The van der Waals surface area contributed by atoms with Crippen molar-refractivity contribution in [2.45, 2.75) is 19.1 Å². The van der Waals surface area contributed by atoms with Crippen molar-refractivity contribution in [2.75, 3.05) is 5.75 Å². The third-order valence-electron chi connectivity index (χ3n) is 1.79. The van der Waals surface area contributed by atoms with Gasteiger partial charge in [-0.3, -0.25) is 0 Å². The largest absolute Gasteiger partial charge is 0.510 e. The quantitative estimate of drug-likeness (QED) is 0.697. The summed E-state index contributed by atoms with van der Waals surface area (Å²) in [6.07, 6.45) is 0. The molecule has 2 N–H and O–H groups in total. The SMILES string of the molecule is CCS(=O)(=O)/C(=C(\C)O)S(=O)(=O)C(F)(F)C(=O)O. The number of aliphatic hydroxyl groups excluding tert-OH is 1. The summed E-state index contributed by atoms with van der Waals surface area (Å²) in [6.45, 7) is 1.50. The summed E-state index contributed by atoms with van der Waals surface area (Å²) in [4.78, 5) is 10.2. The zero-order valence-electron chi connectivity index (χ0n) is 9.22. The van der Waals surface area contributed by atoms with E-state index >= 15 is 0 Å². The van der Waals surface area contributed by atoms with Crippen LogP contribution in [0.3, 0.4) is 0 Å². The molecule has 0 rings (SSSR count). The molecule has 0 radical (unpaired) electrons. The summed E-state index contributed by atoms with van der Waals surface area (Å²) >= 11 is 0. The lowest BCUT2D eigenvalue weighted by molar-refractivity contribution is -0.153. The maximum Gasteiger partial charge on any atom is 0.445 e. The predicted molar refractivity (Wildman–Crippen MR) is 56.3 cm³/mol. The van der Waals surface area contributed by atoms with Gasteiger partial charge in [-0.25, -0.2) is 21.6 Å². The number of aliphatic hydroxyl groups is 1. The van der Waals surface area contributed by atoms with E-state index in [4.69, 9.17) is 10.2 Å². The van der Waals surface area contributed by atoms with Crippen molar-refractivity contribution in [3.8, 4) is 0 Å². The molecule has 0 aromatic carbocycles.